The summed E-state index contributed by atoms with van der Waals surface area (Å²) in [6.45, 7) is 1.61. The third kappa shape index (κ3) is 6.35. The maximum atomic E-state index is 11.9. The molecule has 0 saturated carbocycles. The SMILES string of the molecule is CC(=CCCOC(=O)Nc1ccccc1Sc1ccccc1)C(=O)O. The van der Waals surface area contributed by atoms with E-state index in [9.17, 15) is 9.59 Å². The predicted octanol–water partition coefficient (Wildman–Crippen LogP) is 4.81. The van der Waals surface area contributed by atoms with Gasteiger partial charge in [0.2, 0.25) is 0 Å². The first-order chi connectivity index (χ1) is 12.1. The van der Waals surface area contributed by atoms with Crippen molar-refractivity contribution in [3.8, 4) is 0 Å². The van der Waals surface area contributed by atoms with Gasteiger partial charge in [0.25, 0.3) is 0 Å². The fourth-order valence-corrected chi connectivity index (χ4v) is 2.86. The number of benzene rings is 2. The van der Waals surface area contributed by atoms with Crippen molar-refractivity contribution in [2.45, 2.75) is 23.1 Å². The molecular formula is C19H19NO4S. The first-order valence-electron chi connectivity index (χ1n) is 7.72. The van der Waals surface area contributed by atoms with Crippen LogP contribution in [0.1, 0.15) is 13.3 Å². The van der Waals surface area contributed by atoms with Crippen LogP contribution in [0.4, 0.5) is 10.5 Å². The van der Waals surface area contributed by atoms with Crippen LogP contribution < -0.4 is 5.32 Å². The minimum atomic E-state index is -0.976. The van der Waals surface area contributed by atoms with E-state index < -0.39 is 12.1 Å². The van der Waals surface area contributed by atoms with Gasteiger partial charge >= 0.3 is 12.1 Å². The number of aliphatic carboxylic acids is 1. The standard InChI is InChI=1S/C19H19NO4S/c1-14(18(21)22)8-7-13-24-19(23)20-16-11-5-6-12-17(16)25-15-9-3-2-4-10-15/h2-6,8-12H,7,13H2,1H3,(H,20,23)(H,21,22). The molecule has 0 radical (unpaired) electrons. The maximum absolute atomic E-state index is 11.9. The zero-order valence-corrected chi connectivity index (χ0v) is 14.6. The van der Waals surface area contributed by atoms with E-state index in [-0.39, 0.29) is 12.2 Å². The fraction of sp³-hybridized carbons (Fsp3) is 0.158. The molecule has 0 saturated heterocycles. The summed E-state index contributed by atoms with van der Waals surface area (Å²) in [7, 11) is 0. The lowest BCUT2D eigenvalue weighted by Crippen LogP contribution is -2.14. The Bertz CT molecular complexity index is 759. The summed E-state index contributed by atoms with van der Waals surface area (Å²) in [5, 5.41) is 11.5. The molecular weight excluding hydrogens is 338 g/mol. The van der Waals surface area contributed by atoms with Gasteiger partial charge in [-0.15, -0.1) is 0 Å². The van der Waals surface area contributed by atoms with Crippen molar-refractivity contribution in [3.63, 3.8) is 0 Å². The third-order valence-electron chi connectivity index (χ3n) is 3.23. The number of nitrogens with one attached hydrogen (secondary N) is 1. The number of para-hydroxylation sites is 1. The number of carboxylic acids is 1. The molecule has 0 spiro atoms. The van der Waals surface area contributed by atoms with Crippen LogP contribution in [-0.2, 0) is 9.53 Å². The summed E-state index contributed by atoms with van der Waals surface area (Å²) in [6.07, 6.45) is 1.31. The van der Waals surface area contributed by atoms with Gasteiger partial charge in [0.05, 0.1) is 12.3 Å². The Balaban J connectivity index is 1.90. The van der Waals surface area contributed by atoms with E-state index in [2.05, 4.69) is 5.32 Å². The van der Waals surface area contributed by atoms with Crippen molar-refractivity contribution in [1.29, 1.82) is 0 Å². The highest BCUT2D eigenvalue weighted by atomic mass is 32.2. The van der Waals surface area contributed by atoms with Crippen LogP contribution in [0.5, 0.6) is 0 Å². The molecule has 25 heavy (non-hydrogen) atoms. The molecule has 2 aromatic rings. The van der Waals surface area contributed by atoms with Crippen LogP contribution in [-0.4, -0.2) is 23.8 Å². The molecule has 0 atom stereocenters. The molecule has 0 aliphatic heterocycles. The monoisotopic (exact) mass is 357 g/mol. The summed E-state index contributed by atoms with van der Waals surface area (Å²) < 4.78 is 5.08. The average molecular weight is 357 g/mol. The number of carboxylic acid groups (broad SMARTS) is 1. The normalized spacial score (nSPS) is 11.0. The second-order valence-corrected chi connectivity index (χ2v) is 6.27. The molecule has 0 fully saturated rings. The van der Waals surface area contributed by atoms with Gasteiger partial charge in [-0.1, -0.05) is 48.2 Å². The van der Waals surface area contributed by atoms with Gasteiger partial charge in [-0.25, -0.2) is 9.59 Å². The Morgan fingerprint density at radius 2 is 1.80 bits per heavy atom. The molecule has 5 nitrogen and oxygen atoms in total. The van der Waals surface area contributed by atoms with Gasteiger partial charge in [0, 0.05) is 21.8 Å². The van der Waals surface area contributed by atoms with Crippen LogP contribution in [0.3, 0.4) is 0 Å². The van der Waals surface area contributed by atoms with Gasteiger partial charge in [0.15, 0.2) is 0 Å². The number of hydrogen-bond acceptors (Lipinski definition) is 4. The lowest BCUT2D eigenvalue weighted by atomic mass is 10.2. The van der Waals surface area contributed by atoms with Crippen molar-refractivity contribution in [1.82, 2.24) is 0 Å². The molecule has 130 valence electrons. The van der Waals surface area contributed by atoms with Crippen LogP contribution in [0.25, 0.3) is 0 Å². The molecule has 2 aromatic carbocycles. The van der Waals surface area contributed by atoms with Crippen LogP contribution in [0, 0.1) is 0 Å². The zero-order valence-electron chi connectivity index (χ0n) is 13.8. The number of hydrogen-bond donors (Lipinski definition) is 2. The maximum Gasteiger partial charge on any atom is 0.411 e. The topological polar surface area (TPSA) is 75.6 Å². The molecule has 0 bridgehead atoms. The molecule has 0 aliphatic rings. The lowest BCUT2D eigenvalue weighted by Gasteiger charge is -2.11. The quantitative estimate of drug-likeness (QED) is 0.549. The number of carbonyl (C=O) groups excluding carboxylic acids is 1. The predicted molar refractivity (Wildman–Crippen MR) is 98.0 cm³/mol. The summed E-state index contributed by atoms with van der Waals surface area (Å²) in [5.74, 6) is -0.976. The van der Waals surface area contributed by atoms with Gasteiger partial charge in [0.1, 0.15) is 0 Å². The van der Waals surface area contributed by atoms with E-state index in [0.29, 0.717) is 12.1 Å². The summed E-state index contributed by atoms with van der Waals surface area (Å²) in [4.78, 5) is 24.6. The fourth-order valence-electron chi connectivity index (χ4n) is 1.93. The largest absolute Gasteiger partial charge is 0.478 e. The molecule has 0 unspecified atom stereocenters. The second kappa shape index (κ2) is 9.54. The van der Waals surface area contributed by atoms with E-state index in [0.717, 1.165) is 9.79 Å². The molecule has 2 rings (SSSR count). The Hall–Kier alpha value is -2.73. The molecule has 0 heterocycles. The number of ether oxygens (including phenoxy) is 1. The van der Waals surface area contributed by atoms with Crippen molar-refractivity contribution in [2.24, 2.45) is 0 Å². The Morgan fingerprint density at radius 1 is 1.12 bits per heavy atom. The van der Waals surface area contributed by atoms with Crippen molar-refractivity contribution in [3.05, 3.63) is 66.2 Å². The molecule has 0 aromatic heterocycles. The van der Waals surface area contributed by atoms with Gasteiger partial charge in [-0.3, -0.25) is 5.32 Å². The molecule has 1 amide bonds. The molecule has 6 heteroatoms. The van der Waals surface area contributed by atoms with Gasteiger partial charge in [-0.2, -0.15) is 0 Å². The molecule has 2 N–H and O–H groups in total. The first kappa shape index (κ1) is 18.6. The highest BCUT2D eigenvalue weighted by Gasteiger charge is 2.08. The Kier molecular flexibility index (Phi) is 7.10. The Morgan fingerprint density at radius 3 is 2.52 bits per heavy atom. The van der Waals surface area contributed by atoms with E-state index in [4.69, 9.17) is 9.84 Å². The van der Waals surface area contributed by atoms with Crippen molar-refractivity contribution in [2.75, 3.05) is 11.9 Å². The van der Waals surface area contributed by atoms with E-state index in [1.165, 1.54) is 13.0 Å². The average Bonchev–Trinajstić information content (AvgIpc) is 2.61. The Labute approximate surface area is 150 Å². The summed E-state index contributed by atoms with van der Waals surface area (Å²) in [6, 6.07) is 17.3. The number of anilines is 1. The molecule has 0 aliphatic carbocycles. The minimum Gasteiger partial charge on any atom is -0.478 e. The van der Waals surface area contributed by atoms with Gasteiger partial charge < -0.3 is 9.84 Å². The summed E-state index contributed by atoms with van der Waals surface area (Å²) >= 11 is 1.55. The number of rotatable bonds is 7. The number of amides is 1. The van der Waals surface area contributed by atoms with Crippen LogP contribution in [0.15, 0.2) is 76.0 Å². The second-order valence-electron chi connectivity index (χ2n) is 5.15. The van der Waals surface area contributed by atoms with Crippen LogP contribution >= 0.6 is 11.8 Å². The van der Waals surface area contributed by atoms with Crippen molar-refractivity contribution < 1.29 is 19.4 Å². The van der Waals surface area contributed by atoms with Gasteiger partial charge in [-0.05, 0) is 31.2 Å². The third-order valence-corrected chi connectivity index (χ3v) is 4.32. The number of carbonyl (C=O) groups is 2. The highest BCUT2D eigenvalue weighted by molar-refractivity contribution is 7.99. The van der Waals surface area contributed by atoms with E-state index >= 15 is 0 Å². The van der Waals surface area contributed by atoms with E-state index in [1.807, 2.05) is 48.5 Å². The van der Waals surface area contributed by atoms with E-state index in [1.54, 1.807) is 17.8 Å². The van der Waals surface area contributed by atoms with Crippen LogP contribution in [0.2, 0.25) is 0 Å². The minimum absolute atomic E-state index is 0.116. The zero-order chi connectivity index (χ0) is 18.1. The highest BCUT2D eigenvalue weighted by Crippen LogP contribution is 2.33. The first-order valence-corrected chi connectivity index (χ1v) is 8.53. The van der Waals surface area contributed by atoms with Crippen molar-refractivity contribution >= 4 is 29.5 Å². The lowest BCUT2D eigenvalue weighted by molar-refractivity contribution is -0.132. The smallest absolute Gasteiger partial charge is 0.411 e. The summed E-state index contributed by atoms with van der Waals surface area (Å²) in [5.41, 5.74) is 0.896.